The number of hydrogen-bond donors (Lipinski definition) is 2. The first kappa shape index (κ1) is 12.5. The summed E-state index contributed by atoms with van der Waals surface area (Å²) in [4.78, 5) is 4.28. The van der Waals surface area contributed by atoms with Gasteiger partial charge in [-0.2, -0.15) is 0 Å². The van der Waals surface area contributed by atoms with E-state index in [0.29, 0.717) is 19.3 Å². The minimum absolute atomic E-state index is 0.294. The van der Waals surface area contributed by atoms with E-state index in [1.54, 1.807) is 0 Å². The minimum Gasteiger partial charge on any atom is -0.454 e. The van der Waals surface area contributed by atoms with Crippen LogP contribution >= 0.6 is 0 Å². The van der Waals surface area contributed by atoms with Crippen LogP contribution in [0.3, 0.4) is 0 Å². The monoisotopic (exact) mass is 249 g/mol. The van der Waals surface area contributed by atoms with Gasteiger partial charge in [0.2, 0.25) is 6.79 Å². The van der Waals surface area contributed by atoms with Gasteiger partial charge in [0, 0.05) is 6.54 Å². The van der Waals surface area contributed by atoms with E-state index in [9.17, 15) is 0 Å². The third-order valence-corrected chi connectivity index (χ3v) is 2.71. The molecule has 5 heteroatoms. The van der Waals surface area contributed by atoms with Crippen LogP contribution in [0.1, 0.15) is 25.3 Å². The van der Waals surface area contributed by atoms with Crippen molar-refractivity contribution in [1.82, 2.24) is 5.32 Å². The summed E-state index contributed by atoms with van der Waals surface area (Å²) in [5, 5.41) is 3.08. The summed E-state index contributed by atoms with van der Waals surface area (Å²) in [6, 6.07) is 5.80. The lowest BCUT2D eigenvalue weighted by molar-refractivity contribution is 0.174. The highest BCUT2D eigenvalue weighted by molar-refractivity contribution is 5.77. The second kappa shape index (κ2) is 6.14. The molecule has 0 amide bonds. The molecule has 5 nitrogen and oxygen atoms in total. The van der Waals surface area contributed by atoms with Gasteiger partial charge in [0.1, 0.15) is 0 Å². The fourth-order valence-electron chi connectivity index (χ4n) is 1.66. The fraction of sp³-hybridized carbons (Fsp3) is 0.462. The number of fused-ring (bicyclic) bond motifs is 1. The van der Waals surface area contributed by atoms with Gasteiger partial charge in [-0.25, -0.2) is 4.99 Å². The summed E-state index contributed by atoms with van der Waals surface area (Å²) in [6.07, 6.45) is 2.24. The number of nitrogens with two attached hydrogens (primary N) is 1. The lowest BCUT2D eigenvalue weighted by atomic mass is 10.2. The normalized spacial score (nSPS) is 13.7. The molecular weight excluding hydrogens is 230 g/mol. The molecule has 1 aliphatic heterocycles. The molecule has 0 aliphatic carbocycles. The zero-order chi connectivity index (χ0) is 12.8. The summed E-state index contributed by atoms with van der Waals surface area (Å²) in [5.41, 5.74) is 6.81. The number of benzene rings is 1. The summed E-state index contributed by atoms with van der Waals surface area (Å²) < 4.78 is 10.6. The summed E-state index contributed by atoms with van der Waals surface area (Å²) in [5.74, 6) is 2.05. The van der Waals surface area contributed by atoms with Crippen molar-refractivity contribution < 1.29 is 9.47 Å². The topological polar surface area (TPSA) is 68.9 Å². The van der Waals surface area contributed by atoms with Crippen molar-refractivity contribution in [2.24, 2.45) is 10.7 Å². The smallest absolute Gasteiger partial charge is 0.231 e. The number of aliphatic imine (C=N–C) groups is 1. The molecular formula is C13H19N3O2. The lowest BCUT2D eigenvalue weighted by Crippen LogP contribution is -2.32. The average molecular weight is 249 g/mol. The Morgan fingerprint density at radius 2 is 2.22 bits per heavy atom. The molecule has 0 radical (unpaired) electrons. The predicted octanol–water partition coefficient (Wildman–Crippen LogP) is 1.62. The van der Waals surface area contributed by atoms with Crippen LogP contribution in [0.2, 0.25) is 0 Å². The van der Waals surface area contributed by atoms with E-state index in [2.05, 4.69) is 17.2 Å². The molecule has 1 aromatic rings. The molecule has 1 aromatic carbocycles. The molecule has 0 aromatic heterocycles. The standard InChI is InChI=1S/C13H19N3O2/c1-2-3-6-15-13(14)16-8-10-4-5-11-12(7-10)18-9-17-11/h4-5,7H,2-3,6,8-9H2,1H3,(H3,14,15,16). The van der Waals surface area contributed by atoms with Crippen LogP contribution in [-0.4, -0.2) is 19.3 Å². The van der Waals surface area contributed by atoms with Crippen LogP contribution in [-0.2, 0) is 6.54 Å². The fourth-order valence-corrected chi connectivity index (χ4v) is 1.66. The zero-order valence-corrected chi connectivity index (χ0v) is 10.6. The molecule has 3 N–H and O–H groups in total. The maximum Gasteiger partial charge on any atom is 0.231 e. The van der Waals surface area contributed by atoms with Gasteiger partial charge in [0.15, 0.2) is 17.5 Å². The van der Waals surface area contributed by atoms with Crippen molar-refractivity contribution in [1.29, 1.82) is 0 Å². The SMILES string of the molecule is CCCCNC(N)=NCc1ccc2c(c1)OCO2. The van der Waals surface area contributed by atoms with Crippen LogP contribution in [0.5, 0.6) is 11.5 Å². The van der Waals surface area contributed by atoms with Gasteiger partial charge >= 0.3 is 0 Å². The second-order valence-electron chi connectivity index (χ2n) is 4.17. The van der Waals surface area contributed by atoms with Gasteiger partial charge in [-0.1, -0.05) is 19.4 Å². The number of ether oxygens (including phenoxy) is 2. The van der Waals surface area contributed by atoms with E-state index in [4.69, 9.17) is 15.2 Å². The molecule has 98 valence electrons. The zero-order valence-electron chi connectivity index (χ0n) is 10.6. The third-order valence-electron chi connectivity index (χ3n) is 2.71. The molecule has 0 fully saturated rings. The first-order chi connectivity index (χ1) is 8.79. The molecule has 2 rings (SSSR count). The second-order valence-corrected chi connectivity index (χ2v) is 4.17. The minimum atomic E-state index is 0.294. The Morgan fingerprint density at radius 1 is 1.39 bits per heavy atom. The van der Waals surface area contributed by atoms with Crippen molar-refractivity contribution in [2.45, 2.75) is 26.3 Å². The number of nitrogens with zero attached hydrogens (tertiary/aromatic N) is 1. The van der Waals surface area contributed by atoms with Gasteiger partial charge in [0.05, 0.1) is 6.54 Å². The largest absolute Gasteiger partial charge is 0.454 e. The van der Waals surface area contributed by atoms with Crippen molar-refractivity contribution in [3.63, 3.8) is 0 Å². The van der Waals surface area contributed by atoms with Crippen molar-refractivity contribution in [3.8, 4) is 11.5 Å². The molecule has 1 aliphatic rings. The molecule has 0 spiro atoms. The summed E-state index contributed by atoms with van der Waals surface area (Å²) in [6.45, 7) is 3.85. The summed E-state index contributed by atoms with van der Waals surface area (Å²) in [7, 11) is 0. The van der Waals surface area contributed by atoms with E-state index in [1.165, 1.54) is 0 Å². The Hall–Kier alpha value is -1.91. The maximum absolute atomic E-state index is 5.76. The Labute approximate surface area is 107 Å². The van der Waals surface area contributed by atoms with Crippen LogP contribution in [0.25, 0.3) is 0 Å². The first-order valence-corrected chi connectivity index (χ1v) is 6.22. The molecule has 0 atom stereocenters. The maximum atomic E-state index is 5.76. The lowest BCUT2D eigenvalue weighted by Gasteiger charge is -2.04. The highest BCUT2D eigenvalue weighted by Crippen LogP contribution is 2.32. The van der Waals surface area contributed by atoms with E-state index >= 15 is 0 Å². The molecule has 0 saturated heterocycles. The van der Waals surface area contributed by atoms with E-state index in [-0.39, 0.29) is 0 Å². The van der Waals surface area contributed by atoms with Gasteiger partial charge in [-0.15, -0.1) is 0 Å². The average Bonchev–Trinajstić information content (AvgIpc) is 2.84. The predicted molar refractivity (Wildman–Crippen MR) is 70.8 cm³/mol. The quantitative estimate of drug-likeness (QED) is 0.472. The number of unbranched alkanes of at least 4 members (excludes halogenated alkanes) is 1. The highest BCUT2D eigenvalue weighted by atomic mass is 16.7. The van der Waals surface area contributed by atoms with Gasteiger partial charge in [-0.3, -0.25) is 0 Å². The highest BCUT2D eigenvalue weighted by Gasteiger charge is 2.12. The number of rotatable bonds is 5. The van der Waals surface area contributed by atoms with Gasteiger partial charge in [-0.05, 0) is 24.1 Å². The summed E-state index contributed by atoms with van der Waals surface area (Å²) >= 11 is 0. The molecule has 1 heterocycles. The van der Waals surface area contributed by atoms with E-state index in [1.807, 2.05) is 18.2 Å². The van der Waals surface area contributed by atoms with Crippen LogP contribution in [0.15, 0.2) is 23.2 Å². The van der Waals surface area contributed by atoms with Gasteiger partial charge < -0.3 is 20.5 Å². The molecule has 0 unspecified atom stereocenters. The Balaban J connectivity index is 1.87. The Bertz CT molecular complexity index is 432. The van der Waals surface area contributed by atoms with Crippen LogP contribution in [0.4, 0.5) is 0 Å². The van der Waals surface area contributed by atoms with E-state index < -0.39 is 0 Å². The number of nitrogens with one attached hydrogen (secondary N) is 1. The molecule has 0 bridgehead atoms. The van der Waals surface area contributed by atoms with Crippen molar-refractivity contribution in [3.05, 3.63) is 23.8 Å². The van der Waals surface area contributed by atoms with Crippen LogP contribution < -0.4 is 20.5 Å². The Kier molecular flexibility index (Phi) is 4.28. The van der Waals surface area contributed by atoms with Crippen molar-refractivity contribution >= 4 is 5.96 Å². The number of hydrogen-bond acceptors (Lipinski definition) is 3. The van der Waals surface area contributed by atoms with E-state index in [0.717, 1.165) is 36.4 Å². The number of guanidine groups is 1. The molecule has 0 saturated carbocycles. The van der Waals surface area contributed by atoms with Gasteiger partial charge in [0.25, 0.3) is 0 Å². The first-order valence-electron chi connectivity index (χ1n) is 6.22. The molecule has 18 heavy (non-hydrogen) atoms. The Morgan fingerprint density at radius 3 is 3.06 bits per heavy atom. The van der Waals surface area contributed by atoms with Crippen LogP contribution in [0, 0.1) is 0 Å². The van der Waals surface area contributed by atoms with Crippen molar-refractivity contribution in [2.75, 3.05) is 13.3 Å². The third kappa shape index (κ3) is 3.29.